The molecule has 0 aromatic heterocycles. The molecule has 0 aliphatic carbocycles. The highest BCUT2D eigenvalue weighted by Gasteiger charge is 2.62. The molecule has 1 spiro atoms. The Labute approximate surface area is 246 Å². The van der Waals surface area contributed by atoms with E-state index < -0.39 is 40.6 Å². The van der Waals surface area contributed by atoms with Gasteiger partial charge in [0, 0.05) is 33.6 Å². The van der Waals surface area contributed by atoms with E-state index in [4.69, 9.17) is 32.8 Å². The van der Waals surface area contributed by atoms with Gasteiger partial charge in [0.25, 0.3) is 5.91 Å². The number of nitrogens with one attached hydrogen (secondary N) is 3. The van der Waals surface area contributed by atoms with Crippen LogP contribution in [-0.4, -0.2) is 30.4 Å². The molecule has 8 nitrogen and oxygen atoms in total. The van der Waals surface area contributed by atoms with Crippen LogP contribution >= 0.6 is 23.2 Å². The Morgan fingerprint density at radius 2 is 1.76 bits per heavy atom. The highest BCUT2D eigenvalue weighted by Crippen LogP contribution is 2.59. The van der Waals surface area contributed by atoms with Crippen molar-refractivity contribution in [2.75, 3.05) is 12.4 Å². The summed E-state index contributed by atoms with van der Waals surface area (Å²) in [6.45, 7) is 4.90. The van der Waals surface area contributed by atoms with E-state index in [2.05, 4.69) is 16.1 Å². The van der Waals surface area contributed by atoms with Crippen LogP contribution in [0, 0.1) is 12.7 Å². The predicted molar refractivity (Wildman–Crippen MR) is 152 cm³/mol. The van der Waals surface area contributed by atoms with E-state index in [1.165, 1.54) is 19.2 Å². The normalized spacial score (nSPS) is 21.7. The molecule has 3 atom stereocenters. The van der Waals surface area contributed by atoms with Crippen molar-refractivity contribution in [1.29, 1.82) is 0 Å². The fourth-order valence-electron chi connectivity index (χ4n) is 5.86. The summed E-state index contributed by atoms with van der Waals surface area (Å²) in [4.78, 5) is 45.2. The smallest absolute Gasteiger partial charge is 0.287 e. The van der Waals surface area contributed by atoms with Gasteiger partial charge in [-0.15, -0.1) is 0 Å². The summed E-state index contributed by atoms with van der Waals surface area (Å²) in [6, 6.07) is 13.2. The second kappa shape index (κ2) is 10.6. The Kier molecular flexibility index (Phi) is 7.48. The lowest BCUT2D eigenvalue weighted by atomic mass is 9.59. The van der Waals surface area contributed by atoms with Gasteiger partial charge in [-0.3, -0.25) is 19.2 Å². The molecule has 41 heavy (non-hydrogen) atoms. The lowest BCUT2D eigenvalue weighted by Crippen LogP contribution is -2.57. The van der Waals surface area contributed by atoms with Crippen LogP contribution in [0.15, 0.2) is 54.6 Å². The zero-order valence-electron chi connectivity index (χ0n) is 22.7. The van der Waals surface area contributed by atoms with Gasteiger partial charge in [0.15, 0.2) is 5.60 Å². The first kappa shape index (κ1) is 28.9. The Hall–Kier alpha value is -3.66. The molecule has 2 aliphatic rings. The maximum absolute atomic E-state index is 14.7. The Bertz CT molecular complexity index is 1580. The summed E-state index contributed by atoms with van der Waals surface area (Å²) in [5, 5.41) is 6.67. The van der Waals surface area contributed by atoms with Gasteiger partial charge in [-0.25, -0.2) is 9.87 Å². The summed E-state index contributed by atoms with van der Waals surface area (Å²) in [7, 11) is 1.31. The monoisotopic (exact) mass is 599 g/mol. The molecule has 1 fully saturated rings. The number of rotatable bonds is 6. The van der Waals surface area contributed by atoms with Crippen LogP contribution in [0.25, 0.3) is 0 Å². The third-order valence-corrected chi connectivity index (χ3v) is 8.23. The molecule has 0 radical (unpaired) electrons. The lowest BCUT2D eigenvalue weighted by Gasteiger charge is -2.47. The van der Waals surface area contributed by atoms with Gasteiger partial charge in [0.2, 0.25) is 11.8 Å². The van der Waals surface area contributed by atoms with E-state index in [-0.39, 0.29) is 18.1 Å². The number of hydrogen-bond acceptors (Lipinski definition) is 5. The topological polar surface area (TPSA) is 106 Å². The molecule has 0 saturated carbocycles. The SMILES string of the molecule is CONC(=O)C(C)(C)Oc1ccc(Cl)cc1[C@H]1CC(=O)N[C@@H](c2cc(F)ccc2C)C12C(=O)Nc1cc(Cl)ccc12. The van der Waals surface area contributed by atoms with Gasteiger partial charge in [-0.1, -0.05) is 35.3 Å². The van der Waals surface area contributed by atoms with Gasteiger partial charge < -0.3 is 15.4 Å². The summed E-state index contributed by atoms with van der Waals surface area (Å²) < 4.78 is 20.9. The van der Waals surface area contributed by atoms with Gasteiger partial charge in [0.1, 0.15) is 17.0 Å². The Morgan fingerprint density at radius 1 is 1.05 bits per heavy atom. The third kappa shape index (κ3) is 4.92. The fourth-order valence-corrected chi connectivity index (χ4v) is 6.22. The Balaban J connectivity index is 1.78. The van der Waals surface area contributed by atoms with Crippen molar-refractivity contribution in [1.82, 2.24) is 10.8 Å². The van der Waals surface area contributed by atoms with Crippen LogP contribution in [0.2, 0.25) is 10.0 Å². The molecule has 11 heteroatoms. The Morgan fingerprint density at radius 3 is 2.49 bits per heavy atom. The fraction of sp³-hybridized carbons (Fsp3) is 0.300. The van der Waals surface area contributed by atoms with Crippen LogP contribution in [0.5, 0.6) is 5.75 Å². The molecule has 214 valence electrons. The van der Waals surface area contributed by atoms with E-state index in [0.717, 1.165) is 0 Å². The number of carbonyl (C=O) groups is 3. The number of fused-ring (bicyclic) bond motifs is 2. The van der Waals surface area contributed by atoms with E-state index in [9.17, 15) is 18.8 Å². The standard InChI is InChI=1S/C30H28Cl2FN3O5/c1-15-5-8-18(33)13-19(15)26-30(21-9-6-17(32)12-23(21)34-28(30)39)22(14-25(37)35-26)20-11-16(31)7-10-24(20)41-29(2,3)27(38)36-40-4/h5-13,22,26H,14H2,1-4H3,(H,34,39)(H,35,37)(H,36,38)/t22-,26+,30?/m1/s1. The van der Waals surface area contributed by atoms with E-state index in [1.54, 1.807) is 63.2 Å². The average Bonchev–Trinajstić information content (AvgIpc) is 3.18. The molecule has 3 aromatic rings. The number of hydrogen-bond donors (Lipinski definition) is 3. The molecule has 5 rings (SSSR count). The molecule has 3 amide bonds. The highest BCUT2D eigenvalue weighted by molar-refractivity contribution is 6.31. The molecule has 0 bridgehead atoms. The molecular formula is C30H28Cl2FN3O5. The molecule has 3 aromatic carbocycles. The zero-order valence-corrected chi connectivity index (χ0v) is 24.2. The van der Waals surface area contributed by atoms with E-state index in [1.807, 2.05) is 0 Å². The van der Waals surface area contributed by atoms with E-state index in [0.29, 0.717) is 38.0 Å². The number of piperidine rings is 1. The second-order valence-corrected chi connectivity index (χ2v) is 11.6. The molecule has 3 N–H and O–H groups in total. The first-order valence-corrected chi connectivity index (χ1v) is 13.6. The maximum atomic E-state index is 14.7. The molecular weight excluding hydrogens is 572 g/mol. The van der Waals surface area contributed by atoms with Crippen molar-refractivity contribution >= 4 is 46.6 Å². The maximum Gasteiger partial charge on any atom is 0.287 e. The molecule has 2 aliphatic heterocycles. The zero-order chi connectivity index (χ0) is 29.7. The summed E-state index contributed by atoms with van der Waals surface area (Å²) in [5.41, 5.74) is 2.02. The first-order valence-electron chi connectivity index (χ1n) is 12.9. The van der Waals surface area contributed by atoms with Crippen LogP contribution in [0.3, 0.4) is 0 Å². The number of anilines is 1. The van der Waals surface area contributed by atoms with Gasteiger partial charge in [0.05, 0.1) is 13.2 Å². The van der Waals surface area contributed by atoms with Crippen molar-refractivity contribution in [3.05, 3.63) is 92.7 Å². The van der Waals surface area contributed by atoms with Gasteiger partial charge in [-0.2, -0.15) is 0 Å². The van der Waals surface area contributed by atoms with Gasteiger partial charge in [-0.05, 0) is 79.9 Å². The third-order valence-electron chi connectivity index (χ3n) is 7.76. The van der Waals surface area contributed by atoms with Gasteiger partial charge >= 0.3 is 0 Å². The molecule has 2 heterocycles. The largest absolute Gasteiger partial charge is 0.478 e. The molecule has 1 saturated heterocycles. The number of ether oxygens (including phenoxy) is 1. The number of carbonyl (C=O) groups excluding carboxylic acids is 3. The minimum atomic E-state index is -1.46. The second-order valence-electron chi connectivity index (χ2n) is 10.7. The summed E-state index contributed by atoms with van der Waals surface area (Å²) in [5.74, 6) is -2.42. The summed E-state index contributed by atoms with van der Waals surface area (Å²) >= 11 is 12.8. The minimum Gasteiger partial charge on any atom is -0.478 e. The van der Waals surface area contributed by atoms with Crippen molar-refractivity contribution in [2.24, 2.45) is 0 Å². The van der Waals surface area contributed by atoms with Crippen LogP contribution in [0.4, 0.5) is 10.1 Å². The number of benzene rings is 3. The molecule has 1 unspecified atom stereocenters. The minimum absolute atomic E-state index is 0.123. The van der Waals surface area contributed by atoms with Crippen molar-refractivity contribution in [2.45, 2.75) is 50.2 Å². The number of hydroxylamine groups is 1. The average molecular weight is 600 g/mol. The lowest BCUT2D eigenvalue weighted by molar-refractivity contribution is -0.145. The van der Waals surface area contributed by atoms with Crippen molar-refractivity contribution in [3.63, 3.8) is 0 Å². The van der Waals surface area contributed by atoms with Crippen molar-refractivity contribution in [3.8, 4) is 5.75 Å². The van der Waals surface area contributed by atoms with Crippen LogP contribution in [0.1, 0.15) is 54.5 Å². The predicted octanol–water partition coefficient (Wildman–Crippen LogP) is 5.51. The number of halogens is 3. The number of aryl methyl sites for hydroxylation is 1. The quantitative estimate of drug-likeness (QED) is 0.324. The van der Waals surface area contributed by atoms with Crippen LogP contribution in [-0.2, 0) is 24.6 Å². The van der Waals surface area contributed by atoms with Crippen molar-refractivity contribution < 1.29 is 28.3 Å². The first-order chi connectivity index (χ1) is 19.4. The van der Waals surface area contributed by atoms with Crippen LogP contribution < -0.4 is 20.9 Å². The highest BCUT2D eigenvalue weighted by atomic mass is 35.5. The number of amides is 3. The summed E-state index contributed by atoms with van der Waals surface area (Å²) in [6.07, 6.45) is -0.123. The van der Waals surface area contributed by atoms with E-state index >= 15 is 0 Å².